The summed E-state index contributed by atoms with van der Waals surface area (Å²) in [6, 6.07) is 11.7. The molecule has 4 rings (SSSR count). The lowest BCUT2D eigenvalue weighted by Crippen LogP contribution is -2.49. The molecule has 3 heterocycles. The quantitative estimate of drug-likeness (QED) is 0.715. The van der Waals surface area contributed by atoms with Crippen molar-refractivity contribution in [2.45, 2.75) is 0 Å². The lowest BCUT2D eigenvalue weighted by molar-refractivity contribution is 0.0741. The molecule has 144 valence electrons. The maximum Gasteiger partial charge on any atom is 0.273 e. The molecule has 0 bridgehead atoms. The molecule has 1 N–H and O–H groups in total. The van der Waals surface area contributed by atoms with Crippen LogP contribution < -0.4 is 15.0 Å². The molecule has 2 aromatic heterocycles. The number of aromatic nitrogens is 2. The number of para-hydroxylation sites is 2. The summed E-state index contributed by atoms with van der Waals surface area (Å²) in [5.74, 6) is 0.822. The molecule has 28 heavy (non-hydrogen) atoms. The van der Waals surface area contributed by atoms with Gasteiger partial charge in [-0.15, -0.1) is 11.3 Å². The zero-order valence-corrected chi connectivity index (χ0v) is 16.4. The Morgan fingerprint density at radius 1 is 1.14 bits per heavy atom. The van der Waals surface area contributed by atoms with Gasteiger partial charge in [-0.1, -0.05) is 12.1 Å². The van der Waals surface area contributed by atoms with E-state index in [4.69, 9.17) is 4.74 Å². The molecule has 0 unspecified atom stereocenters. The summed E-state index contributed by atoms with van der Waals surface area (Å²) in [4.78, 5) is 25.4. The van der Waals surface area contributed by atoms with Gasteiger partial charge in [0.05, 0.1) is 24.7 Å². The van der Waals surface area contributed by atoms with Crippen LogP contribution in [0.25, 0.3) is 0 Å². The molecular weight excluding hydrogens is 374 g/mol. The Hall–Kier alpha value is -3.13. The van der Waals surface area contributed by atoms with Gasteiger partial charge in [0.25, 0.3) is 5.91 Å². The molecule has 1 saturated heterocycles. The van der Waals surface area contributed by atoms with Gasteiger partial charge in [0.1, 0.15) is 11.4 Å². The SMILES string of the molecule is COc1ccccc1N1CCN(C(=O)c2csc(Nc3cccnc3)n2)CC1. The molecule has 7 nitrogen and oxygen atoms in total. The first-order valence-corrected chi connectivity index (χ1v) is 9.92. The van der Waals surface area contributed by atoms with E-state index in [1.54, 1.807) is 24.9 Å². The average Bonchev–Trinajstić information content (AvgIpc) is 3.22. The molecule has 0 atom stereocenters. The van der Waals surface area contributed by atoms with Gasteiger partial charge in [-0.25, -0.2) is 4.98 Å². The number of ether oxygens (including phenoxy) is 1. The van der Waals surface area contributed by atoms with E-state index < -0.39 is 0 Å². The van der Waals surface area contributed by atoms with Crippen molar-refractivity contribution >= 4 is 33.8 Å². The third-order valence-electron chi connectivity index (χ3n) is 4.63. The standard InChI is InChI=1S/C20H21N5O2S/c1-27-18-7-3-2-6-17(18)24-9-11-25(12-10-24)19(26)16-14-28-20(23-16)22-15-5-4-8-21-13-15/h2-8,13-14H,9-12H2,1H3,(H,22,23). The lowest BCUT2D eigenvalue weighted by Gasteiger charge is -2.36. The van der Waals surface area contributed by atoms with E-state index in [0.29, 0.717) is 23.9 Å². The van der Waals surface area contributed by atoms with Crippen molar-refractivity contribution in [1.82, 2.24) is 14.9 Å². The van der Waals surface area contributed by atoms with Crippen LogP contribution in [0, 0.1) is 0 Å². The predicted molar refractivity (Wildman–Crippen MR) is 111 cm³/mol. The number of nitrogens with zero attached hydrogens (tertiary/aromatic N) is 4. The Morgan fingerprint density at radius 3 is 2.71 bits per heavy atom. The first-order chi connectivity index (χ1) is 13.7. The fourth-order valence-electron chi connectivity index (χ4n) is 3.19. The highest BCUT2D eigenvalue weighted by Crippen LogP contribution is 2.28. The summed E-state index contributed by atoms with van der Waals surface area (Å²) < 4.78 is 5.45. The minimum Gasteiger partial charge on any atom is -0.495 e. The summed E-state index contributed by atoms with van der Waals surface area (Å²) in [5.41, 5.74) is 2.39. The summed E-state index contributed by atoms with van der Waals surface area (Å²) in [6.45, 7) is 2.83. The molecular formula is C20H21N5O2S. The number of nitrogens with one attached hydrogen (secondary N) is 1. The topological polar surface area (TPSA) is 70.6 Å². The van der Waals surface area contributed by atoms with Gasteiger partial charge < -0.3 is 19.9 Å². The molecule has 1 aliphatic heterocycles. The molecule has 1 aliphatic rings. The number of carbonyl (C=O) groups excluding carboxylic acids is 1. The second kappa shape index (κ2) is 8.26. The highest BCUT2D eigenvalue weighted by atomic mass is 32.1. The van der Waals surface area contributed by atoms with Crippen LogP contribution in [0.1, 0.15) is 10.5 Å². The summed E-state index contributed by atoms with van der Waals surface area (Å²) in [6.07, 6.45) is 3.44. The van der Waals surface area contributed by atoms with E-state index in [1.807, 2.05) is 41.3 Å². The van der Waals surface area contributed by atoms with Gasteiger partial charge in [0.15, 0.2) is 5.13 Å². The third kappa shape index (κ3) is 3.91. The Bertz CT molecular complexity index is 939. The van der Waals surface area contributed by atoms with Crippen molar-refractivity contribution in [2.24, 2.45) is 0 Å². The van der Waals surface area contributed by atoms with Crippen molar-refractivity contribution in [3.8, 4) is 5.75 Å². The fourth-order valence-corrected chi connectivity index (χ4v) is 3.90. The molecule has 0 spiro atoms. The first kappa shape index (κ1) is 18.2. The van der Waals surface area contributed by atoms with Crippen molar-refractivity contribution in [3.63, 3.8) is 0 Å². The number of hydrogen-bond donors (Lipinski definition) is 1. The van der Waals surface area contributed by atoms with Crippen LogP contribution in [-0.4, -0.2) is 54.1 Å². The van der Waals surface area contributed by atoms with E-state index in [2.05, 4.69) is 20.2 Å². The Morgan fingerprint density at radius 2 is 1.96 bits per heavy atom. The van der Waals surface area contributed by atoms with Gasteiger partial charge >= 0.3 is 0 Å². The third-order valence-corrected chi connectivity index (χ3v) is 5.39. The van der Waals surface area contributed by atoms with Gasteiger partial charge in [0, 0.05) is 37.8 Å². The van der Waals surface area contributed by atoms with Gasteiger partial charge in [-0.3, -0.25) is 9.78 Å². The van der Waals surface area contributed by atoms with Crippen molar-refractivity contribution < 1.29 is 9.53 Å². The van der Waals surface area contributed by atoms with E-state index in [0.717, 1.165) is 30.2 Å². The number of carbonyl (C=O) groups is 1. The zero-order chi connectivity index (χ0) is 19.3. The number of hydrogen-bond acceptors (Lipinski definition) is 7. The van der Waals surface area contributed by atoms with Crippen LogP contribution >= 0.6 is 11.3 Å². The Kier molecular flexibility index (Phi) is 5.38. The normalized spacial score (nSPS) is 14.0. The highest BCUT2D eigenvalue weighted by molar-refractivity contribution is 7.14. The van der Waals surface area contributed by atoms with Crippen LogP contribution in [-0.2, 0) is 0 Å². The highest BCUT2D eigenvalue weighted by Gasteiger charge is 2.25. The van der Waals surface area contributed by atoms with E-state index in [9.17, 15) is 4.79 Å². The molecule has 0 saturated carbocycles. The van der Waals surface area contributed by atoms with E-state index in [1.165, 1.54) is 11.3 Å². The van der Waals surface area contributed by atoms with Gasteiger partial charge in [-0.05, 0) is 24.3 Å². The second-order valence-corrected chi connectivity index (χ2v) is 7.21. The number of rotatable bonds is 5. The number of benzene rings is 1. The van der Waals surface area contributed by atoms with Crippen LogP contribution in [0.15, 0.2) is 54.2 Å². The number of pyridine rings is 1. The summed E-state index contributed by atoms with van der Waals surface area (Å²) in [7, 11) is 1.68. The molecule has 1 amide bonds. The van der Waals surface area contributed by atoms with Gasteiger partial charge in [0.2, 0.25) is 0 Å². The second-order valence-electron chi connectivity index (χ2n) is 6.36. The van der Waals surface area contributed by atoms with Crippen LogP contribution in [0.3, 0.4) is 0 Å². The smallest absolute Gasteiger partial charge is 0.273 e. The van der Waals surface area contributed by atoms with Crippen LogP contribution in [0.2, 0.25) is 0 Å². The van der Waals surface area contributed by atoms with Crippen LogP contribution in [0.4, 0.5) is 16.5 Å². The fraction of sp³-hybridized carbons (Fsp3) is 0.250. The van der Waals surface area contributed by atoms with Crippen molar-refractivity contribution in [1.29, 1.82) is 0 Å². The summed E-state index contributed by atoms with van der Waals surface area (Å²) >= 11 is 1.41. The minimum absolute atomic E-state index is 0.0323. The lowest BCUT2D eigenvalue weighted by atomic mass is 10.2. The molecule has 1 fully saturated rings. The number of piperazine rings is 1. The molecule has 0 radical (unpaired) electrons. The number of thiazole rings is 1. The first-order valence-electron chi connectivity index (χ1n) is 9.04. The van der Waals surface area contributed by atoms with Crippen molar-refractivity contribution in [3.05, 3.63) is 59.9 Å². The van der Waals surface area contributed by atoms with Gasteiger partial charge in [-0.2, -0.15) is 0 Å². The maximum atomic E-state index is 12.8. The molecule has 3 aromatic rings. The van der Waals surface area contributed by atoms with Crippen LogP contribution in [0.5, 0.6) is 5.75 Å². The largest absolute Gasteiger partial charge is 0.495 e. The summed E-state index contributed by atoms with van der Waals surface area (Å²) in [5, 5.41) is 5.66. The van der Waals surface area contributed by atoms with E-state index in [-0.39, 0.29) is 5.91 Å². The van der Waals surface area contributed by atoms with E-state index >= 15 is 0 Å². The Labute approximate surface area is 167 Å². The number of methoxy groups -OCH3 is 1. The monoisotopic (exact) mass is 395 g/mol. The number of amides is 1. The predicted octanol–water partition coefficient (Wildman–Crippen LogP) is 3.25. The molecule has 8 heteroatoms. The Balaban J connectivity index is 1.38. The molecule has 0 aliphatic carbocycles. The average molecular weight is 395 g/mol. The van der Waals surface area contributed by atoms with Crippen molar-refractivity contribution in [2.75, 3.05) is 43.5 Å². The number of anilines is 3. The molecule has 1 aromatic carbocycles. The zero-order valence-electron chi connectivity index (χ0n) is 15.5. The maximum absolute atomic E-state index is 12.8. The minimum atomic E-state index is -0.0323.